The van der Waals surface area contributed by atoms with Crippen molar-refractivity contribution in [2.75, 3.05) is 11.9 Å². The van der Waals surface area contributed by atoms with E-state index in [1.54, 1.807) is 6.20 Å². The number of H-pyrrole nitrogens is 1. The molecule has 0 saturated heterocycles. The Hall–Kier alpha value is -3.67. The highest BCUT2D eigenvalue weighted by molar-refractivity contribution is 6.01. The second-order valence-corrected chi connectivity index (χ2v) is 6.70. The number of pyridine rings is 2. The Morgan fingerprint density at radius 2 is 2.07 bits per heavy atom. The summed E-state index contributed by atoms with van der Waals surface area (Å²) in [7, 11) is 0. The highest BCUT2D eigenvalue weighted by Gasteiger charge is 2.19. The average Bonchev–Trinajstić information content (AvgIpc) is 3.21. The summed E-state index contributed by atoms with van der Waals surface area (Å²) in [6, 6.07) is 15.6. The van der Waals surface area contributed by atoms with E-state index >= 15 is 0 Å². The number of rotatable bonds is 4. The first-order valence-corrected chi connectivity index (χ1v) is 9.20. The van der Waals surface area contributed by atoms with E-state index < -0.39 is 0 Å². The normalized spacial score (nSPS) is 13.2. The van der Waals surface area contributed by atoms with Gasteiger partial charge in [-0.15, -0.1) is 0 Å². The molecule has 4 aromatic rings. The monoisotopic (exact) mass is 370 g/mol. The number of aromatic amines is 1. The zero-order valence-corrected chi connectivity index (χ0v) is 15.1. The number of benzene rings is 1. The van der Waals surface area contributed by atoms with Gasteiger partial charge in [0.25, 0.3) is 0 Å². The smallest absolute Gasteiger partial charge is 0.169 e. The number of nitrogens with zero attached hydrogens (tertiary/aromatic N) is 2. The van der Waals surface area contributed by atoms with Crippen LogP contribution < -0.4 is 10.1 Å². The molecule has 4 heterocycles. The Morgan fingerprint density at radius 1 is 1.11 bits per heavy atom. The number of hydrogen-bond acceptors (Lipinski definition) is 5. The molecule has 1 aromatic carbocycles. The van der Waals surface area contributed by atoms with Crippen LogP contribution in [0.4, 0.5) is 5.82 Å². The number of anilines is 1. The van der Waals surface area contributed by atoms with Crippen molar-refractivity contribution in [3.8, 4) is 16.9 Å². The molecule has 2 N–H and O–H groups in total. The van der Waals surface area contributed by atoms with Gasteiger partial charge < -0.3 is 15.0 Å². The molecule has 6 heteroatoms. The number of carbonyl (C=O) groups is 1. The average molecular weight is 370 g/mol. The number of ketones is 1. The van der Waals surface area contributed by atoms with Gasteiger partial charge in [-0.2, -0.15) is 0 Å². The topological polar surface area (TPSA) is 79.9 Å². The Balaban J connectivity index is 1.53. The molecule has 138 valence electrons. The maximum absolute atomic E-state index is 12.1. The zero-order valence-electron chi connectivity index (χ0n) is 15.1. The third-order valence-corrected chi connectivity index (χ3v) is 4.89. The number of ether oxygens (including phenoxy) is 1. The van der Waals surface area contributed by atoms with Gasteiger partial charge in [0.15, 0.2) is 5.78 Å². The molecule has 5 rings (SSSR count). The minimum Gasteiger partial charge on any atom is -0.492 e. The van der Waals surface area contributed by atoms with Crippen LogP contribution >= 0.6 is 0 Å². The van der Waals surface area contributed by atoms with Crippen LogP contribution in [0.25, 0.3) is 22.2 Å². The lowest BCUT2D eigenvalue weighted by atomic mass is 9.98. The van der Waals surface area contributed by atoms with Crippen molar-refractivity contribution in [3.05, 3.63) is 72.2 Å². The predicted molar refractivity (Wildman–Crippen MR) is 108 cm³/mol. The highest BCUT2D eigenvalue weighted by Crippen LogP contribution is 2.35. The molecule has 0 saturated carbocycles. The fourth-order valence-electron chi connectivity index (χ4n) is 3.48. The number of hydrogen-bond donors (Lipinski definition) is 2. The summed E-state index contributed by atoms with van der Waals surface area (Å²) in [6.45, 7) is 1.02. The first-order valence-electron chi connectivity index (χ1n) is 9.20. The van der Waals surface area contributed by atoms with Gasteiger partial charge in [-0.1, -0.05) is 12.1 Å². The molecule has 0 atom stereocenters. The van der Waals surface area contributed by atoms with Gasteiger partial charge in [0.05, 0.1) is 24.4 Å². The van der Waals surface area contributed by atoms with Crippen LogP contribution in [0.3, 0.4) is 0 Å². The fourth-order valence-corrected chi connectivity index (χ4v) is 3.48. The summed E-state index contributed by atoms with van der Waals surface area (Å²) in [5, 5.41) is 4.36. The van der Waals surface area contributed by atoms with E-state index in [9.17, 15) is 4.79 Å². The largest absolute Gasteiger partial charge is 0.492 e. The van der Waals surface area contributed by atoms with Gasteiger partial charge >= 0.3 is 0 Å². The molecule has 6 nitrogen and oxygen atoms in total. The van der Waals surface area contributed by atoms with Crippen molar-refractivity contribution in [2.24, 2.45) is 0 Å². The van der Waals surface area contributed by atoms with Crippen LogP contribution in [0.2, 0.25) is 0 Å². The van der Waals surface area contributed by atoms with Crippen LogP contribution in [-0.4, -0.2) is 27.3 Å². The molecule has 0 bridgehead atoms. The summed E-state index contributed by atoms with van der Waals surface area (Å²) in [4.78, 5) is 24.2. The highest BCUT2D eigenvalue weighted by atomic mass is 16.5. The van der Waals surface area contributed by atoms with Gasteiger partial charge in [-0.05, 0) is 47.5 Å². The van der Waals surface area contributed by atoms with Crippen molar-refractivity contribution in [2.45, 2.75) is 13.0 Å². The van der Waals surface area contributed by atoms with E-state index in [0.717, 1.165) is 33.7 Å². The third-order valence-electron chi connectivity index (χ3n) is 4.89. The molecular weight excluding hydrogens is 352 g/mol. The molecular formula is C22H18N4O2. The van der Waals surface area contributed by atoms with E-state index in [4.69, 9.17) is 4.74 Å². The maximum atomic E-state index is 12.1. The number of aromatic nitrogens is 3. The SMILES string of the molecule is O=C1CCOc2cc(-c3cc(NCc4ccccn4)nc4[nH]ccc34)ccc21. The molecule has 1 aliphatic rings. The van der Waals surface area contributed by atoms with Gasteiger partial charge in [0.1, 0.15) is 17.2 Å². The molecule has 0 fully saturated rings. The fraction of sp³-hybridized carbons (Fsp3) is 0.136. The summed E-state index contributed by atoms with van der Waals surface area (Å²) in [6.07, 6.45) is 4.09. The number of fused-ring (bicyclic) bond motifs is 2. The van der Waals surface area contributed by atoms with Crippen LogP contribution in [0.1, 0.15) is 22.5 Å². The standard InChI is InChI=1S/C22H18N4O2/c27-19-7-10-28-20-11-14(4-5-17(19)20)18-12-21(26-22-16(18)6-9-24-22)25-13-15-3-1-2-8-23-15/h1-6,8-9,11-12H,7,10,13H2,(H2,24,25,26). The van der Waals surface area contributed by atoms with E-state index in [0.29, 0.717) is 30.9 Å². The molecule has 0 amide bonds. The van der Waals surface area contributed by atoms with Crippen LogP contribution in [0.5, 0.6) is 5.75 Å². The number of Topliss-reactive ketones (excluding diaryl/α,β-unsaturated/α-hetero) is 1. The van der Waals surface area contributed by atoms with Crippen molar-refractivity contribution < 1.29 is 9.53 Å². The van der Waals surface area contributed by atoms with Gasteiger partial charge in [0.2, 0.25) is 0 Å². The minimum atomic E-state index is 0.132. The molecule has 0 spiro atoms. The second-order valence-electron chi connectivity index (χ2n) is 6.70. The predicted octanol–water partition coefficient (Wildman–Crippen LogP) is 4.20. The van der Waals surface area contributed by atoms with E-state index in [2.05, 4.69) is 20.3 Å². The lowest BCUT2D eigenvalue weighted by Crippen LogP contribution is -2.15. The summed E-state index contributed by atoms with van der Waals surface area (Å²) in [5.41, 5.74) is 4.41. The van der Waals surface area contributed by atoms with Crippen molar-refractivity contribution in [3.63, 3.8) is 0 Å². The zero-order chi connectivity index (χ0) is 18.9. The van der Waals surface area contributed by atoms with Gasteiger partial charge in [0, 0.05) is 24.2 Å². The quantitative estimate of drug-likeness (QED) is 0.563. The molecule has 0 unspecified atom stereocenters. The van der Waals surface area contributed by atoms with Gasteiger partial charge in [-0.3, -0.25) is 9.78 Å². The molecule has 3 aromatic heterocycles. The van der Waals surface area contributed by atoms with E-state index in [-0.39, 0.29) is 5.78 Å². The Labute approximate surface area is 161 Å². The molecule has 0 aliphatic carbocycles. The number of carbonyl (C=O) groups excluding carboxylic acids is 1. The summed E-state index contributed by atoms with van der Waals surface area (Å²) < 4.78 is 5.72. The van der Waals surface area contributed by atoms with Crippen molar-refractivity contribution >= 4 is 22.6 Å². The summed E-state index contributed by atoms with van der Waals surface area (Å²) >= 11 is 0. The lowest BCUT2D eigenvalue weighted by molar-refractivity contribution is 0.0933. The van der Waals surface area contributed by atoms with E-state index in [1.165, 1.54) is 0 Å². The first-order chi connectivity index (χ1) is 13.8. The molecule has 1 aliphatic heterocycles. The number of nitrogens with one attached hydrogen (secondary N) is 2. The van der Waals surface area contributed by atoms with Crippen LogP contribution in [0, 0.1) is 0 Å². The van der Waals surface area contributed by atoms with Crippen LogP contribution in [-0.2, 0) is 6.54 Å². The molecule has 28 heavy (non-hydrogen) atoms. The van der Waals surface area contributed by atoms with E-state index in [1.807, 2.05) is 54.7 Å². The lowest BCUT2D eigenvalue weighted by Gasteiger charge is -2.17. The first kappa shape index (κ1) is 16.5. The Kier molecular flexibility index (Phi) is 4.01. The van der Waals surface area contributed by atoms with Gasteiger partial charge in [-0.25, -0.2) is 4.98 Å². The maximum Gasteiger partial charge on any atom is 0.169 e. The van der Waals surface area contributed by atoms with Crippen molar-refractivity contribution in [1.82, 2.24) is 15.0 Å². The Morgan fingerprint density at radius 3 is 2.96 bits per heavy atom. The second kappa shape index (κ2) is 6.81. The molecule has 0 radical (unpaired) electrons. The summed E-state index contributed by atoms with van der Waals surface area (Å²) in [5.74, 6) is 1.54. The third kappa shape index (κ3) is 2.99. The minimum absolute atomic E-state index is 0.132. The van der Waals surface area contributed by atoms with Crippen molar-refractivity contribution in [1.29, 1.82) is 0 Å². The van der Waals surface area contributed by atoms with Crippen LogP contribution in [0.15, 0.2) is 60.9 Å². The Bertz CT molecular complexity index is 1170.